The predicted octanol–water partition coefficient (Wildman–Crippen LogP) is 4.89. The van der Waals surface area contributed by atoms with Crippen molar-refractivity contribution in [2.24, 2.45) is 0 Å². The van der Waals surface area contributed by atoms with Crippen LogP contribution in [0.5, 0.6) is 0 Å². The number of benzene rings is 3. The highest BCUT2D eigenvalue weighted by Gasteiger charge is 2.28. The van der Waals surface area contributed by atoms with Gasteiger partial charge in [0.2, 0.25) is 0 Å². The summed E-state index contributed by atoms with van der Waals surface area (Å²) in [6, 6.07) is 28.0. The zero-order valence-corrected chi connectivity index (χ0v) is 14.6. The fraction of sp³-hybridized carbons (Fsp3) is 0. The van der Waals surface area contributed by atoms with Crippen LogP contribution in [0.1, 0.15) is 15.9 Å². The van der Waals surface area contributed by atoms with Crippen molar-refractivity contribution in [3.63, 3.8) is 0 Å². The molecule has 0 bridgehead atoms. The number of carbonyl (C=O) groups is 1. The Morgan fingerprint density at radius 1 is 0.667 bits per heavy atom. The number of nitrogens with zero attached hydrogens (tertiary/aromatic N) is 1. The maximum Gasteiger partial charge on any atom is 0.301 e. The van der Waals surface area contributed by atoms with Crippen LogP contribution in [0.2, 0.25) is 0 Å². The van der Waals surface area contributed by atoms with Crippen LogP contribution < -0.4 is 4.57 Å². The third-order valence-electron chi connectivity index (χ3n) is 4.47. The van der Waals surface area contributed by atoms with Gasteiger partial charge in [0.25, 0.3) is 5.78 Å². The quantitative estimate of drug-likeness (QED) is 0.246. The molecular formula is C24H18NO2+. The lowest BCUT2D eigenvalue weighted by Crippen LogP contribution is -2.36. The summed E-state index contributed by atoms with van der Waals surface area (Å²) in [5.41, 5.74) is 1.34. The van der Waals surface area contributed by atoms with E-state index in [1.807, 2.05) is 72.9 Å². The summed E-state index contributed by atoms with van der Waals surface area (Å²) < 4.78 is 1.69. The molecule has 4 aromatic rings. The summed E-state index contributed by atoms with van der Waals surface area (Å²) in [5.74, 6) is -0.290. The molecule has 0 aliphatic rings. The van der Waals surface area contributed by atoms with E-state index in [2.05, 4.69) is 0 Å². The van der Waals surface area contributed by atoms with E-state index in [1.165, 1.54) is 0 Å². The van der Waals surface area contributed by atoms with Gasteiger partial charge in [-0.05, 0) is 11.5 Å². The third-order valence-corrected chi connectivity index (χ3v) is 4.47. The second kappa shape index (κ2) is 7.26. The number of fused-ring (bicyclic) bond motifs is 1. The van der Waals surface area contributed by atoms with Crippen molar-refractivity contribution >= 4 is 28.0 Å². The Hall–Kier alpha value is -3.72. The number of hydrogen-bond donors (Lipinski definition) is 1. The van der Waals surface area contributed by atoms with Crippen molar-refractivity contribution in [3.8, 4) is 0 Å². The highest BCUT2D eigenvalue weighted by Crippen LogP contribution is 2.21. The van der Waals surface area contributed by atoms with Crippen LogP contribution in [-0.2, 0) is 0 Å². The first-order valence-electron chi connectivity index (χ1n) is 8.73. The molecule has 3 heteroatoms. The van der Waals surface area contributed by atoms with Gasteiger partial charge in [-0.15, -0.1) is 0 Å². The lowest BCUT2D eigenvalue weighted by atomic mass is 10.0. The molecule has 0 aliphatic carbocycles. The Kier molecular flexibility index (Phi) is 4.50. The van der Waals surface area contributed by atoms with Gasteiger partial charge in [-0.3, -0.25) is 4.79 Å². The minimum Gasteiger partial charge on any atom is -0.502 e. The second-order valence-electron chi connectivity index (χ2n) is 6.24. The SMILES string of the molecule is O=C(C(=C(O)c1ccccc1)[n+]1ccc2ccccc2c1)c1ccccc1. The molecule has 0 spiro atoms. The molecule has 0 saturated heterocycles. The largest absolute Gasteiger partial charge is 0.502 e. The second-order valence-corrected chi connectivity index (χ2v) is 6.24. The summed E-state index contributed by atoms with van der Waals surface area (Å²) in [4.78, 5) is 13.3. The zero-order chi connectivity index (χ0) is 18.6. The van der Waals surface area contributed by atoms with E-state index in [0.717, 1.165) is 10.8 Å². The third kappa shape index (κ3) is 3.35. The van der Waals surface area contributed by atoms with E-state index >= 15 is 0 Å². The molecule has 0 atom stereocenters. The average molecular weight is 352 g/mol. The van der Waals surface area contributed by atoms with Gasteiger partial charge < -0.3 is 5.11 Å². The van der Waals surface area contributed by atoms with Gasteiger partial charge in [0.15, 0.2) is 18.2 Å². The molecule has 1 aromatic heterocycles. The Labute approximate surface area is 157 Å². The van der Waals surface area contributed by atoms with E-state index in [-0.39, 0.29) is 17.2 Å². The molecule has 0 fully saturated rings. The van der Waals surface area contributed by atoms with E-state index in [4.69, 9.17) is 0 Å². The monoisotopic (exact) mass is 352 g/mol. The highest BCUT2D eigenvalue weighted by molar-refractivity contribution is 6.26. The van der Waals surface area contributed by atoms with Crippen LogP contribution in [0, 0.1) is 0 Å². The van der Waals surface area contributed by atoms with Gasteiger partial charge in [-0.25, -0.2) is 0 Å². The highest BCUT2D eigenvalue weighted by atomic mass is 16.3. The van der Waals surface area contributed by atoms with Crippen LogP contribution >= 0.6 is 0 Å². The summed E-state index contributed by atoms with van der Waals surface area (Å²) in [5, 5.41) is 13.0. The van der Waals surface area contributed by atoms with Crippen molar-refractivity contribution in [2.45, 2.75) is 0 Å². The van der Waals surface area contributed by atoms with Crippen LogP contribution in [0.15, 0.2) is 103 Å². The Bertz CT molecular complexity index is 1130. The molecule has 0 saturated carbocycles. The minimum absolute atomic E-state index is 0.0512. The number of Topliss-reactive ketones (excluding diaryl/α,β-unsaturated/α-hetero) is 1. The number of pyridine rings is 1. The minimum atomic E-state index is -0.239. The molecular weight excluding hydrogens is 334 g/mol. The van der Waals surface area contributed by atoms with Gasteiger partial charge in [-0.1, -0.05) is 78.9 Å². The summed E-state index contributed by atoms with van der Waals surface area (Å²) >= 11 is 0. The van der Waals surface area contributed by atoms with Crippen molar-refractivity contribution in [2.75, 3.05) is 0 Å². The van der Waals surface area contributed by atoms with E-state index in [0.29, 0.717) is 11.1 Å². The molecule has 1 heterocycles. The van der Waals surface area contributed by atoms with Crippen LogP contribution in [-0.4, -0.2) is 10.9 Å². The van der Waals surface area contributed by atoms with Crippen molar-refractivity contribution < 1.29 is 14.5 Å². The lowest BCUT2D eigenvalue weighted by molar-refractivity contribution is -0.575. The maximum atomic E-state index is 13.3. The first kappa shape index (κ1) is 16.7. The van der Waals surface area contributed by atoms with Crippen molar-refractivity contribution in [3.05, 3.63) is 115 Å². The smallest absolute Gasteiger partial charge is 0.301 e. The predicted molar refractivity (Wildman–Crippen MR) is 107 cm³/mol. The molecule has 4 rings (SSSR count). The standard InChI is InChI=1S/C24H17NO2/c26-23(19-10-3-1-4-11-19)22(24(27)20-12-5-2-6-13-20)25-16-15-18-9-7-8-14-21(18)17-25/h1-17H/p+1. The van der Waals surface area contributed by atoms with Gasteiger partial charge in [-0.2, -0.15) is 4.57 Å². The van der Waals surface area contributed by atoms with Crippen LogP contribution in [0.25, 0.3) is 22.2 Å². The fourth-order valence-corrected chi connectivity index (χ4v) is 3.08. The molecule has 0 amide bonds. The van der Waals surface area contributed by atoms with Crippen molar-refractivity contribution in [1.82, 2.24) is 0 Å². The number of aromatic nitrogens is 1. The van der Waals surface area contributed by atoms with Gasteiger partial charge in [0, 0.05) is 22.6 Å². The maximum absolute atomic E-state index is 13.3. The van der Waals surface area contributed by atoms with E-state index in [9.17, 15) is 9.90 Å². The number of rotatable bonds is 4. The molecule has 0 unspecified atom stereocenters. The lowest BCUT2D eigenvalue weighted by Gasteiger charge is -2.07. The van der Waals surface area contributed by atoms with Gasteiger partial charge >= 0.3 is 5.70 Å². The van der Waals surface area contributed by atoms with E-state index in [1.54, 1.807) is 35.0 Å². The average Bonchev–Trinajstić information content (AvgIpc) is 2.75. The van der Waals surface area contributed by atoms with Gasteiger partial charge in [0.1, 0.15) is 0 Å². The van der Waals surface area contributed by atoms with Crippen LogP contribution in [0.3, 0.4) is 0 Å². The zero-order valence-electron chi connectivity index (χ0n) is 14.6. The molecule has 3 nitrogen and oxygen atoms in total. The normalized spacial score (nSPS) is 11.9. The number of carbonyl (C=O) groups excluding carboxylic acids is 1. The van der Waals surface area contributed by atoms with Crippen LogP contribution in [0.4, 0.5) is 0 Å². The molecule has 1 N–H and O–H groups in total. The number of ketones is 1. The Morgan fingerprint density at radius 2 is 1.22 bits per heavy atom. The van der Waals surface area contributed by atoms with Gasteiger partial charge in [0.05, 0.1) is 0 Å². The Balaban J connectivity index is 1.94. The molecule has 27 heavy (non-hydrogen) atoms. The molecule has 3 aromatic carbocycles. The summed E-state index contributed by atoms with van der Waals surface area (Å²) in [6.45, 7) is 0. The number of aliphatic hydroxyl groups is 1. The summed E-state index contributed by atoms with van der Waals surface area (Å²) in [6.07, 6.45) is 3.67. The first-order chi connectivity index (χ1) is 13.2. The van der Waals surface area contributed by atoms with E-state index < -0.39 is 0 Å². The summed E-state index contributed by atoms with van der Waals surface area (Å²) in [7, 11) is 0. The molecule has 0 aliphatic heterocycles. The van der Waals surface area contributed by atoms with Crippen molar-refractivity contribution in [1.29, 1.82) is 0 Å². The number of hydrogen-bond acceptors (Lipinski definition) is 2. The number of aliphatic hydroxyl groups excluding tert-OH is 1. The number of allylic oxidation sites excluding steroid dienone is 1. The molecule has 130 valence electrons. The topological polar surface area (TPSA) is 41.2 Å². The fourth-order valence-electron chi connectivity index (χ4n) is 3.08. The first-order valence-corrected chi connectivity index (χ1v) is 8.73. The molecule has 0 radical (unpaired) electrons. The Morgan fingerprint density at radius 3 is 1.89 bits per heavy atom.